The van der Waals surface area contributed by atoms with Crippen molar-refractivity contribution in [1.29, 1.82) is 0 Å². The standard InChI is InChI=1S/C14H11BrO3/c1-14(2)13(15)9-10(16)7-5-3-4-6-8(7)11(17)12(9)18-14/h3-6,13H,1-2H3. The molecule has 0 saturated heterocycles. The maximum absolute atomic E-state index is 12.4. The second-order valence-corrected chi connectivity index (χ2v) is 5.93. The number of fused-ring (bicyclic) bond motifs is 1. The number of alkyl halides is 1. The normalized spacial score (nSPS) is 24.7. The maximum atomic E-state index is 12.4. The van der Waals surface area contributed by atoms with Gasteiger partial charge in [-0.1, -0.05) is 40.2 Å². The van der Waals surface area contributed by atoms with Crippen molar-refractivity contribution >= 4 is 27.5 Å². The zero-order chi connectivity index (χ0) is 13.1. The molecule has 0 radical (unpaired) electrons. The molecule has 1 aliphatic carbocycles. The highest BCUT2D eigenvalue weighted by atomic mass is 79.9. The van der Waals surface area contributed by atoms with Crippen LogP contribution in [0.3, 0.4) is 0 Å². The summed E-state index contributed by atoms with van der Waals surface area (Å²) < 4.78 is 5.67. The van der Waals surface area contributed by atoms with Crippen LogP contribution in [0.25, 0.3) is 0 Å². The summed E-state index contributed by atoms with van der Waals surface area (Å²) in [5.41, 5.74) is 0.757. The van der Waals surface area contributed by atoms with Crippen molar-refractivity contribution in [3.8, 4) is 0 Å². The largest absolute Gasteiger partial charge is 0.482 e. The monoisotopic (exact) mass is 306 g/mol. The van der Waals surface area contributed by atoms with Gasteiger partial charge in [-0.05, 0) is 13.8 Å². The Morgan fingerprint density at radius 3 is 2.28 bits per heavy atom. The van der Waals surface area contributed by atoms with Gasteiger partial charge in [-0.15, -0.1) is 0 Å². The Labute approximate surface area is 113 Å². The van der Waals surface area contributed by atoms with Crippen molar-refractivity contribution in [2.24, 2.45) is 0 Å². The highest BCUT2D eigenvalue weighted by Gasteiger charge is 2.49. The first-order valence-electron chi connectivity index (χ1n) is 5.69. The fraction of sp³-hybridized carbons (Fsp3) is 0.286. The molecule has 1 heterocycles. The summed E-state index contributed by atoms with van der Waals surface area (Å²) in [5, 5.41) is 0. The molecule has 0 fully saturated rings. The van der Waals surface area contributed by atoms with Crippen molar-refractivity contribution in [3.05, 3.63) is 46.7 Å². The van der Waals surface area contributed by atoms with E-state index in [0.29, 0.717) is 16.7 Å². The lowest BCUT2D eigenvalue weighted by atomic mass is 9.86. The Morgan fingerprint density at radius 1 is 1.11 bits per heavy atom. The number of carbonyl (C=O) groups is 2. The van der Waals surface area contributed by atoms with Gasteiger partial charge in [0.05, 0.1) is 10.4 Å². The van der Waals surface area contributed by atoms with E-state index in [1.807, 2.05) is 13.8 Å². The van der Waals surface area contributed by atoms with Crippen LogP contribution < -0.4 is 0 Å². The van der Waals surface area contributed by atoms with Gasteiger partial charge >= 0.3 is 0 Å². The van der Waals surface area contributed by atoms with Gasteiger partial charge in [-0.25, -0.2) is 0 Å². The van der Waals surface area contributed by atoms with Gasteiger partial charge in [0, 0.05) is 11.1 Å². The van der Waals surface area contributed by atoms with E-state index >= 15 is 0 Å². The highest BCUT2D eigenvalue weighted by molar-refractivity contribution is 9.09. The molecule has 0 aromatic heterocycles. The number of Topliss-reactive ketones (excluding diaryl/α,β-unsaturated/α-hetero) is 2. The van der Waals surface area contributed by atoms with E-state index in [9.17, 15) is 9.59 Å². The summed E-state index contributed by atoms with van der Waals surface area (Å²) in [6.07, 6.45) is 0. The Kier molecular flexibility index (Phi) is 2.29. The number of ketones is 2. The summed E-state index contributed by atoms with van der Waals surface area (Å²) in [4.78, 5) is 24.5. The third kappa shape index (κ3) is 1.35. The fourth-order valence-corrected chi connectivity index (χ4v) is 2.88. The minimum Gasteiger partial charge on any atom is -0.482 e. The summed E-state index contributed by atoms with van der Waals surface area (Å²) in [5.74, 6) is -0.117. The van der Waals surface area contributed by atoms with Crippen molar-refractivity contribution < 1.29 is 14.3 Å². The Hall–Kier alpha value is -1.42. The molecule has 0 bridgehead atoms. The maximum Gasteiger partial charge on any atom is 0.228 e. The lowest BCUT2D eigenvalue weighted by Gasteiger charge is -2.22. The number of benzene rings is 1. The van der Waals surface area contributed by atoms with Crippen molar-refractivity contribution in [2.45, 2.75) is 24.3 Å². The number of ether oxygens (including phenoxy) is 1. The number of allylic oxidation sites excluding steroid dienone is 1. The summed E-state index contributed by atoms with van der Waals surface area (Å²) in [7, 11) is 0. The molecule has 2 aliphatic rings. The number of hydrogen-bond donors (Lipinski definition) is 0. The van der Waals surface area contributed by atoms with E-state index in [1.54, 1.807) is 24.3 Å². The minimum atomic E-state index is -0.585. The van der Waals surface area contributed by atoms with Gasteiger partial charge in [0.1, 0.15) is 5.60 Å². The van der Waals surface area contributed by atoms with Crippen LogP contribution in [0, 0.1) is 0 Å². The first-order chi connectivity index (χ1) is 8.43. The number of rotatable bonds is 0. The topological polar surface area (TPSA) is 43.4 Å². The Balaban J connectivity index is 2.22. The SMILES string of the molecule is CC1(C)OC2=C(C(=O)c3ccccc3C2=O)C1Br. The van der Waals surface area contributed by atoms with Crippen LogP contribution in [0.15, 0.2) is 35.6 Å². The van der Waals surface area contributed by atoms with Crippen LogP contribution in [-0.2, 0) is 4.74 Å². The second kappa shape index (κ2) is 3.54. The zero-order valence-electron chi connectivity index (χ0n) is 9.99. The summed E-state index contributed by atoms with van der Waals surface area (Å²) in [6, 6.07) is 6.86. The molecule has 1 aliphatic heterocycles. The molecule has 0 saturated carbocycles. The number of halogens is 1. The van der Waals surface area contributed by atoms with Gasteiger partial charge in [0.2, 0.25) is 5.78 Å². The van der Waals surface area contributed by atoms with Crippen molar-refractivity contribution in [1.82, 2.24) is 0 Å². The van der Waals surface area contributed by atoms with Crippen LogP contribution in [0.4, 0.5) is 0 Å². The van der Waals surface area contributed by atoms with Crippen molar-refractivity contribution in [3.63, 3.8) is 0 Å². The zero-order valence-corrected chi connectivity index (χ0v) is 11.6. The number of hydrogen-bond acceptors (Lipinski definition) is 3. The van der Waals surface area contributed by atoms with Crippen LogP contribution in [0.1, 0.15) is 34.6 Å². The molecule has 1 atom stereocenters. The van der Waals surface area contributed by atoms with Crippen LogP contribution in [-0.4, -0.2) is 22.0 Å². The molecule has 1 unspecified atom stereocenters. The Bertz CT molecular complexity index is 613. The molecule has 1 aromatic rings. The van der Waals surface area contributed by atoms with Crippen molar-refractivity contribution in [2.75, 3.05) is 0 Å². The van der Waals surface area contributed by atoms with Gasteiger partial charge in [0.15, 0.2) is 11.5 Å². The van der Waals surface area contributed by atoms with Crippen LogP contribution in [0.5, 0.6) is 0 Å². The van der Waals surface area contributed by atoms with Gasteiger partial charge in [-0.2, -0.15) is 0 Å². The molecule has 1 aromatic carbocycles. The molecule has 18 heavy (non-hydrogen) atoms. The lowest BCUT2D eigenvalue weighted by molar-refractivity contribution is 0.0543. The second-order valence-electron chi connectivity index (χ2n) is 5.01. The molecule has 0 N–H and O–H groups in total. The molecule has 4 heteroatoms. The van der Waals surface area contributed by atoms with Crippen LogP contribution >= 0.6 is 15.9 Å². The molecule has 3 rings (SSSR count). The first-order valence-corrected chi connectivity index (χ1v) is 6.61. The summed E-state index contributed by atoms with van der Waals surface area (Å²) in [6.45, 7) is 3.71. The molecular weight excluding hydrogens is 296 g/mol. The van der Waals surface area contributed by atoms with E-state index in [1.165, 1.54) is 0 Å². The van der Waals surface area contributed by atoms with Gasteiger partial charge in [0.25, 0.3) is 0 Å². The first kappa shape index (κ1) is 11.7. The predicted octanol–water partition coefficient (Wildman–Crippen LogP) is 2.89. The average Bonchev–Trinajstić information content (AvgIpc) is 2.58. The quantitative estimate of drug-likeness (QED) is 0.692. The molecule has 92 valence electrons. The van der Waals surface area contributed by atoms with E-state index in [0.717, 1.165) is 0 Å². The lowest BCUT2D eigenvalue weighted by Crippen LogP contribution is -2.31. The van der Waals surface area contributed by atoms with Crippen LogP contribution in [0.2, 0.25) is 0 Å². The molecular formula is C14H11BrO3. The molecule has 3 nitrogen and oxygen atoms in total. The average molecular weight is 307 g/mol. The smallest absolute Gasteiger partial charge is 0.228 e. The molecule has 0 amide bonds. The fourth-order valence-electron chi connectivity index (χ4n) is 2.37. The van der Waals surface area contributed by atoms with Gasteiger partial charge < -0.3 is 4.74 Å². The van der Waals surface area contributed by atoms with E-state index in [-0.39, 0.29) is 22.2 Å². The third-order valence-electron chi connectivity index (χ3n) is 3.34. The predicted molar refractivity (Wildman–Crippen MR) is 70.0 cm³/mol. The van der Waals surface area contributed by atoms with E-state index in [4.69, 9.17) is 4.74 Å². The Morgan fingerprint density at radius 2 is 1.67 bits per heavy atom. The summed E-state index contributed by atoms with van der Waals surface area (Å²) >= 11 is 3.47. The highest BCUT2D eigenvalue weighted by Crippen LogP contribution is 2.44. The number of carbonyl (C=O) groups excluding carboxylic acids is 2. The third-order valence-corrected chi connectivity index (χ3v) is 4.90. The molecule has 0 spiro atoms. The van der Waals surface area contributed by atoms with E-state index in [2.05, 4.69) is 15.9 Å². The van der Waals surface area contributed by atoms with Gasteiger partial charge in [-0.3, -0.25) is 9.59 Å². The minimum absolute atomic E-state index is 0.118. The van der Waals surface area contributed by atoms with E-state index < -0.39 is 5.60 Å².